The molecule has 3 rings (SSSR count). The minimum absolute atomic E-state index is 0.252. The minimum Gasteiger partial charge on any atom is -0.493 e. The lowest BCUT2D eigenvalue weighted by Gasteiger charge is -2.15. The van der Waals surface area contributed by atoms with Crippen molar-refractivity contribution in [1.82, 2.24) is 4.98 Å². The third kappa shape index (κ3) is 2.72. The number of hydrogen-bond donors (Lipinski definition) is 1. The molecule has 0 saturated heterocycles. The molecule has 0 unspecified atom stereocenters. The van der Waals surface area contributed by atoms with Gasteiger partial charge in [0.25, 0.3) is 0 Å². The molecule has 1 saturated carbocycles. The second-order valence-corrected chi connectivity index (χ2v) is 5.84. The molecule has 1 heterocycles. The molecule has 0 atom stereocenters. The lowest BCUT2D eigenvalue weighted by atomic mass is 10.1. The Labute approximate surface area is 129 Å². The van der Waals surface area contributed by atoms with Gasteiger partial charge in [-0.1, -0.05) is 0 Å². The highest BCUT2D eigenvalue weighted by atomic mass is 35.5. The fraction of sp³-hybridized carbons (Fsp3) is 0.438. The molecule has 1 aliphatic carbocycles. The Kier molecular flexibility index (Phi) is 3.81. The van der Waals surface area contributed by atoms with Crippen LogP contribution in [-0.2, 0) is 0 Å². The van der Waals surface area contributed by atoms with Crippen LogP contribution in [0.15, 0.2) is 24.4 Å². The van der Waals surface area contributed by atoms with Crippen LogP contribution in [0, 0.1) is 5.41 Å². The Balaban J connectivity index is 1.94. The van der Waals surface area contributed by atoms with Crippen molar-refractivity contribution in [1.29, 1.82) is 0 Å². The van der Waals surface area contributed by atoms with E-state index in [1.54, 1.807) is 20.4 Å². The Morgan fingerprint density at radius 3 is 2.57 bits per heavy atom. The molecule has 5 heteroatoms. The van der Waals surface area contributed by atoms with E-state index < -0.39 is 0 Å². The first-order valence-electron chi connectivity index (χ1n) is 7.02. The Bertz CT molecular complexity index is 656. The number of methoxy groups -OCH3 is 2. The third-order valence-corrected chi connectivity index (χ3v) is 4.71. The maximum Gasteiger partial charge on any atom is 0.161 e. The molecule has 0 radical (unpaired) electrons. The van der Waals surface area contributed by atoms with Crippen LogP contribution in [0.25, 0.3) is 10.8 Å². The van der Waals surface area contributed by atoms with E-state index in [0.29, 0.717) is 11.6 Å². The molecule has 0 aliphatic heterocycles. The smallest absolute Gasteiger partial charge is 0.161 e. The van der Waals surface area contributed by atoms with Crippen molar-refractivity contribution in [2.24, 2.45) is 5.41 Å². The van der Waals surface area contributed by atoms with Crippen molar-refractivity contribution >= 4 is 28.2 Å². The molecule has 0 bridgehead atoms. The fourth-order valence-corrected chi connectivity index (χ4v) is 2.81. The van der Waals surface area contributed by atoms with Crippen LogP contribution in [0.1, 0.15) is 12.8 Å². The monoisotopic (exact) mass is 306 g/mol. The van der Waals surface area contributed by atoms with Gasteiger partial charge in [0.2, 0.25) is 0 Å². The molecule has 1 aromatic heterocycles. The first-order valence-corrected chi connectivity index (χ1v) is 7.55. The van der Waals surface area contributed by atoms with E-state index in [-0.39, 0.29) is 5.41 Å². The van der Waals surface area contributed by atoms with E-state index in [4.69, 9.17) is 21.1 Å². The molecule has 4 nitrogen and oxygen atoms in total. The van der Waals surface area contributed by atoms with Gasteiger partial charge in [-0.2, -0.15) is 0 Å². The van der Waals surface area contributed by atoms with Gasteiger partial charge < -0.3 is 14.8 Å². The number of rotatable bonds is 6. The molecular weight excluding hydrogens is 288 g/mol. The van der Waals surface area contributed by atoms with Crippen molar-refractivity contribution in [3.8, 4) is 11.5 Å². The fourth-order valence-electron chi connectivity index (χ4n) is 2.45. The second-order valence-electron chi connectivity index (χ2n) is 5.58. The standard InChI is InChI=1S/C16H19ClN2O2/c1-20-13-7-11-3-6-18-15(12(11)8-14(13)21-2)19-10-16(9-17)4-5-16/h3,6-8H,4-5,9-10H2,1-2H3,(H,18,19). The maximum absolute atomic E-state index is 6.03. The summed E-state index contributed by atoms with van der Waals surface area (Å²) in [5.74, 6) is 2.99. The SMILES string of the molecule is COc1cc2ccnc(NCC3(CCl)CC3)c2cc1OC. The minimum atomic E-state index is 0.252. The van der Waals surface area contributed by atoms with Crippen molar-refractivity contribution in [3.63, 3.8) is 0 Å². The quantitative estimate of drug-likeness (QED) is 0.827. The highest BCUT2D eigenvalue weighted by Crippen LogP contribution is 2.46. The summed E-state index contributed by atoms with van der Waals surface area (Å²) in [5, 5.41) is 5.54. The first kappa shape index (κ1) is 14.3. The Morgan fingerprint density at radius 1 is 1.24 bits per heavy atom. The summed E-state index contributed by atoms with van der Waals surface area (Å²) in [6.07, 6.45) is 4.17. The summed E-state index contributed by atoms with van der Waals surface area (Å²) in [4.78, 5) is 4.45. The number of pyridine rings is 1. The van der Waals surface area contributed by atoms with Gasteiger partial charge in [-0.3, -0.25) is 0 Å². The maximum atomic E-state index is 6.03. The number of ether oxygens (including phenoxy) is 2. The largest absolute Gasteiger partial charge is 0.493 e. The molecule has 1 N–H and O–H groups in total. The van der Waals surface area contributed by atoms with Gasteiger partial charge in [0.1, 0.15) is 5.82 Å². The molecule has 1 fully saturated rings. The van der Waals surface area contributed by atoms with Crippen molar-refractivity contribution in [2.75, 3.05) is 32.0 Å². The molecule has 0 amide bonds. The second kappa shape index (κ2) is 5.60. The Morgan fingerprint density at radius 2 is 1.95 bits per heavy atom. The number of alkyl halides is 1. The lowest BCUT2D eigenvalue weighted by Crippen LogP contribution is -2.17. The highest BCUT2D eigenvalue weighted by molar-refractivity contribution is 6.18. The third-order valence-electron chi connectivity index (χ3n) is 4.14. The van der Waals surface area contributed by atoms with Crippen molar-refractivity contribution in [2.45, 2.75) is 12.8 Å². The topological polar surface area (TPSA) is 43.4 Å². The first-order chi connectivity index (χ1) is 10.2. The van der Waals surface area contributed by atoms with E-state index in [1.165, 1.54) is 12.8 Å². The highest BCUT2D eigenvalue weighted by Gasteiger charge is 2.41. The van der Waals surface area contributed by atoms with E-state index in [1.807, 2.05) is 18.2 Å². The number of fused-ring (bicyclic) bond motifs is 1. The zero-order chi connectivity index (χ0) is 14.9. The number of hydrogen-bond acceptors (Lipinski definition) is 4. The average molecular weight is 307 g/mol. The van der Waals surface area contributed by atoms with Crippen molar-refractivity contribution < 1.29 is 9.47 Å². The van der Waals surface area contributed by atoms with Gasteiger partial charge in [0, 0.05) is 29.4 Å². The predicted octanol–water partition coefficient (Wildman–Crippen LogP) is 3.68. The van der Waals surface area contributed by atoms with E-state index >= 15 is 0 Å². The number of aromatic nitrogens is 1. The number of benzene rings is 1. The van der Waals surface area contributed by atoms with Crippen LogP contribution >= 0.6 is 11.6 Å². The predicted molar refractivity (Wildman–Crippen MR) is 85.7 cm³/mol. The number of anilines is 1. The van der Waals surface area contributed by atoms with Crippen LogP contribution in [0.3, 0.4) is 0 Å². The summed E-state index contributed by atoms with van der Waals surface area (Å²) in [7, 11) is 3.28. The van der Waals surface area contributed by atoms with Crippen LogP contribution in [0.4, 0.5) is 5.82 Å². The summed E-state index contributed by atoms with van der Waals surface area (Å²) in [5.41, 5.74) is 0.252. The average Bonchev–Trinajstić information content (AvgIpc) is 3.32. The van der Waals surface area contributed by atoms with Crippen LogP contribution in [-0.4, -0.2) is 31.6 Å². The van der Waals surface area contributed by atoms with E-state index in [9.17, 15) is 0 Å². The van der Waals surface area contributed by atoms with Crippen LogP contribution in [0.5, 0.6) is 11.5 Å². The number of halogens is 1. The normalized spacial score (nSPS) is 15.8. The van der Waals surface area contributed by atoms with Gasteiger partial charge in [0.05, 0.1) is 14.2 Å². The van der Waals surface area contributed by atoms with Crippen LogP contribution < -0.4 is 14.8 Å². The number of nitrogens with zero attached hydrogens (tertiary/aromatic N) is 1. The summed E-state index contributed by atoms with van der Waals surface area (Å²) >= 11 is 6.03. The van der Waals surface area contributed by atoms with Gasteiger partial charge in [-0.05, 0) is 36.4 Å². The summed E-state index contributed by atoms with van der Waals surface area (Å²) in [6.45, 7) is 0.858. The van der Waals surface area contributed by atoms with Gasteiger partial charge in [-0.15, -0.1) is 11.6 Å². The summed E-state index contributed by atoms with van der Waals surface area (Å²) in [6, 6.07) is 5.90. The molecule has 2 aromatic rings. The van der Waals surface area contributed by atoms with Crippen LogP contribution in [0.2, 0.25) is 0 Å². The van der Waals surface area contributed by atoms with E-state index in [2.05, 4.69) is 10.3 Å². The van der Waals surface area contributed by atoms with Crippen molar-refractivity contribution in [3.05, 3.63) is 24.4 Å². The Hall–Kier alpha value is -1.68. The molecule has 0 spiro atoms. The number of nitrogens with one attached hydrogen (secondary N) is 1. The van der Waals surface area contributed by atoms with E-state index in [0.717, 1.165) is 28.9 Å². The zero-order valence-corrected chi connectivity index (χ0v) is 13.0. The van der Waals surface area contributed by atoms with Gasteiger partial charge in [-0.25, -0.2) is 4.98 Å². The summed E-state index contributed by atoms with van der Waals surface area (Å²) < 4.78 is 10.7. The van der Waals surface area contributed by atoms with Gasteiger partial charge in [0.15, 0.2) is 11.5 Å². The lowest BCUT2D eigenvalue weighted by molar-refractivity contribution is 0.356. The molecule has 21 heavy (non-hydrogen) atoms. The zero-order valence-electron chi connectivity index (χ0n) is 12.3. The molecule has 112 valence electrons. The molecule has 1 aromatic carbocycles. The molecular formula is C16H19ClN2O2. The molecule has 1 aliphatic rings. The van der Waals surface area contributed by atoms with Gasteiger partial charge >= 0.3 is 0 Å².